The summed E-state index contributed by atoms with van der Waals surface area (Å²) in [5.41, 5.74) is 34.5. The Morgan fingerprint density at radius 2 is 0.772 bits per heavy atom. The van der Waals surface area contributed by atoms with Gasteiger partial charge in [-0.2, -0.15) is 20.0 Å². The first-order valence-corrected chi connectivity index (χ1v) is 37.2. The number of fused-ring (bicyclic) bond motifs is 6. The van der Waals surface area contributed by atoms with Gasteiger partial charge in [0.25, 0.3) is 10.1 Å². The summed E-state index contributed by atoms with van der Waals surface area (Å²) in [6.45, 7) is 46.6. The second-order valence-corrected chi connectivity index (χ2v) is 29.8. The molecule has 0 amide bonds. The second-order valence-electron chi connectivity index (χ2n) is 27.8. The molecule has 0 fully saturated rings. The van der Waals surface area contributed by atoms with Gasteiger partial charge in [0.15, 0.2) is 5.78 Å². The molecular formula is C90H105NaO8S2. The van der Waals surface area contributed by atoms with Crippen molar-refractivity contribution in [1.29, 1.82) is 0 Å². The molecule has 0 bridgehead atoms. The molecule has 0 N–H and O–H groups in total. The molecule has 0 aromatic rings. The molecule has 0 heterocycles. The van der Waals surface area contributed by atoms with E-state index in [9.17, 15) is 13.2 Å². The fourth-order valence-electron chi connectivity index (χ4n) is 12.4. The number of hydrogen-bond acceptors (Lipinski definition) is 8. The molecule has 0 spiro atoms. The molecule has 0 aromatic carbocycles. The van der Waals surface area contributed by atoms with Crippen molar-refractivity contribution in [3.63, 3.8) is 0 Å². The molecule has 0 radical (unpaired) electrons. The maximum absolute atomic E-state index is 12.3. The van der Waals surface area contributed by atoms with Crippen molar-refractivity contribution in [3.05, 3.63) is 271 Å². The summed E-state index contributed by atoms with van der Waals surface area (Å²) in [7, 11) is -5.07. The van der Waals surface area contributed by atoms with E-state index in [4.69, 9.17) is 21.5 Å². The number of carbonyl (C=O) groups is 1. The van der Waals surface area contributed by atoms with E-state index in [1.165, 1.54) is 122 Å². The van der Waals surface area contributed by atoms with Gasteiger partial charge in [-0.25, -0.2) is 0 Å². The number of Topliss-reactive ketones (excluding diaryl/α,β-unsaturated/α-hetero) is 1. The van der Waals surface area contributed by atoms with Crippen LogP contribution in [0, 0.1) is 75.3 Å². The molecule has 12 aliphatic carbocycles. The topological polar surface area (TPSA) is 121 Å². The smallest absolute Gasteiger partial charge is 0.496 e. The zero-order valence-corrected chi connectivity index (χ0v) is 68.1. The minimum atomic E-state index is -3.70. The maximum Gasteiger partial charge on any atom is 1.00 e. The number of hydrogen-bond donors (Lipinski definition) is 0. The van der Waals surface area contributed by atoms with E-state index in [1.54, 1.807) is 27.0 Å². The molecular weight excluding hydrogens is 1300 g/mol. The molecule has 0 saturated carbocycles. The van der Waals surface area contributed by atoms with Crippen molar-refractivity contribution in [1.82, 2.24) is 0 Å². The Hall–Kier alpha value is -7.80. The van der Waals surface area contributed by atoms with Gasteiger partial charge in [-0.15, -0.1) is 47.5 Å². The Kier molecular flexibility index (Phi) is 31.5. The standard InChI is InChI=1S/C17H22O3S.C17H20O.C16H20O.C15H18.C15H17.C10H8.Na.O3S/c1-6-20-21(18,19)16-9-13(5)15-10-14(11(2)3)8-7-12(4)17(15)16;1-10(2)14-7-6-11(3)17-15(9-14)12(4)8-16(17)13(5)18;1-10(2)13-7-6-11(3)16-14(9-13)12(4)8-15(16)17-5;2*1-10(2)13-7-5-11(3)14-8-6-12(4)15(14)9-13;1-2-5-9-7-4-8-10(9)6-3-1;;1-4(2)3/h7-11H,6H2,1-5H3;6-10H,1-5H3;6-10H,1-5H3;5-10H,1-4H3;5-7,9-10H,1-4H3;1-8H;;/q;;;;-1;;+1;. The van der Waals surface area contributed by atoms with Gasteiger partial charge in [-0.3, -0.25) is 8.98 Å². The first kappa shape index (κ1) is 83.9. The second kappa shape index (κ2) is 37.9. The number of ketones is 1. The summed E-state index contributed by atoms with van der Waals surface area (Å²) in [5, 5.41) is 0. The summed E-state index contributed by atoms with van der Waals surface area (Å²) in [6, 6.07) is 65.4. The average Bonchev–Trinajstić information content (AvgIpc) is 1.64. The first-order valence-electron chi connectivity index (χ1n) is 34.8. The summed E-state index contributed by atoms with van der Waals surface area (Å²) in [4.78, 5) is 12.0. The third kappa shape index (κ3) is 21.9. The summed E-state index contributed by atoms with van der Waals surface area (Å²) in [5.74, 6) is 3.74. The molecule has 12 rings (SSSR count). The molecule has 0 aromatic heterocycles. The number of methoxy groups -OCH3 is 1. The molecule has 8 nitrogen and oxygen atoms in total. The van der Waals surface area contributed by atoms with E-state index >= 15 is 0 Å². The molecule has 0 atom stereocenters. The molecule has 12 aliphatic rings. The van der Waals surface area contributed by atoms with Crippen LogP contribution in [0.1, 0.15) is 206 Å². The van der Waals surface area contributed by atoms with Gasteiger partial charge in [0, 0.05) is 16.7 Å². The van der Waals surface area contributed by atoms with Crippen molar-refractivity contribution in [2.24, 2.45) is 0 Å². The fourth-order valence-corrected chi connectivity index (χ4v) is 13.7. The molecule has 526 valence electrons. The summed E-state index contributed by atoms with van der Waals surface area (Å²) in [6.07, 6.45) is 0. The van der Waals surface area contributed by atoms with Gasteiger partial charge in [0.1, 0.15) is 10.6 Å². The first-order chi connectivity index (χ1) is 47.1. The predicted octanol–water partition coefficient (Wildman–Crippen LogP) is 21.2. The van der Waals surface area contributed by atoms with Crippen LogP contribution in [-0.4, -0.2) is 40.5 Å². The van der Waals surface area contributed by atoms with E-state index < -0.39 is 20.7 Å². The summed E-state index contributed by atoms with van der Waals surface area (Å²) >= 11 is 0. The van der Waals surface area contributed by atoms with E-state index in [1.807, 2.05) is 32.0 Å². The van der Waals surface area contributed by atoms with Gasteiger partial charge < -0.3 is 4.74 Å². The van der Waals surface area contributed by atoms with Crippen molar-refractivity contribution in [2.75, 3.05) is 13.7 Å². The number of ether oxygens (including phenoxy) is 1. The average molecular weight is 1400 g/mol. The Balaban J connectivity index is 0.000000217. The molecule has 11 heteroatoms. The monoisotopic (exact) mass is 1400 g/mol. The van der Waals surface area contributed by atoms with E-state index in [-0.39, 0.29) is 46.8 Å². The van der Waals surface area contributed by atoms with Crippen LogP contribution >= 0.6 is 0 Å². The summed E-state index contributed by atoms with van der Waals surface area (Å²) < 4.78 is 60.4. The fraction of sp³-hybridized carbons (Fsp3) is 0.322. The number of carbonyl (C=O) groups excluding carboxylic acids is 1. The van der Waals surface area contributed by atoms with E-state index in [0.717, 1.165) is 39.1 Å². The van der Waals surface area contributed by atoms with E-state index in [2.05, 4.69) is 282 Å². The van der Waals surface area contributed by atoms with Crippen LogP contribution in [0.15, 0.2) is 181 Å². The van der Waals surface area contributed by atoms with Gasteiger partial charge in [-0.05, 0) is 228 Å². The van der Waals surface area contributed by atoms with Crippen LogP contribution in [0.25, 0.3) is 66.8 Å². The van der Waals surface area contributed by atoms with Crippen molar-refractivity contribution >= 4 is 26.5 Å². The predicted molar refractivity (Wildman–Crippen MR) is 420 cm³/mol. The van der Waals surface area contributed by atoms with Gasteiger partial charge >= 0.3 is 40.2 Å². The molecule has 101 heavy (non-hydrogen) atoms. The van der Waals surface area contributed by atoms with Gasteiger partial charge in [0.2, 0.25) is 0 Å². The minimum Gasteiger partial charge on any atom is -0.496 e. The van der Waals surface area contributed by atoms with Crippen molar-refractivity contribution < 1.29 is 64.3 Å². The Morgan fingerprint density at radius 1 is 0.406 bits per heavy atom. The zero-order chi connectivity index (χ0) is 74.2. The van der Waals surface area contributed by atoms with Crippen LogP contribution in [0.5, 0.6) is 5.75 Å². The van der Waals surface area contributed by atoms with Crippen LogP contribution in [0.4, 0.5) is 0 Å². The van der Waals surface area contributed by atoms with Gasteiger partial charge in [-0.1, -0.05) is 228 Å². The third-order valence-electron chi connectivity index (χ3n) is 18.6. The van der Waals surface area contributed by atoms with Crippen molar-refractivity contribution in [2.45, 2.75) is 187 Å². The maximum atomic E-state index is 12.3. The quantitative estimate of drug-likeness (QED) is 0.0574. The Labute approximate surface area is 629 Å². The zero-order valence-electron chi connectivity index (χ0n) is 64.4. The molecule has 0 unspecified atom stereocenters. The van der Waals surface area contributed by atoms with Crippen LogP contribution in [0.3, 0.4) is 0 Å². The largest absolute Gasteiger partial charge is 1.00 e. The third-order valence-corrected chi connectivity index (χ3v) is 20.0. The molecule has 0 aliphatic heterocycles. The molecule has 0 saturated heterocycles. The Bertz CT molecular complexity index is 4650. The van der Waals surface area contributed by atoms with E-state index in [0.29, 0.717) is 29.6 Å². The number of aryl methyl sites for hydroxylation is 10. The van der Waals surface area contributed by atoms with Crippen LogP contribution in [-0.2, 0) is 24.9 Å². The minimum absolute atomic E-state index is 0. The van der Waals surface area contributed by atoms with Gasteiger partial charge in [0.05, 0.1) is 13.7 Å². The Morgan fingerprint density at radius 3 is 1.23 bits per heavy atom. The van der Waals surface area contributed by atoms with Crippen LogP contribution < -0.4 is 34.3 Å². The SMILES string of the molecule is CC(=O)c1cc(C)c2cc(C(C)C)ccc(C)c1-2.CCOS(=O)(=O)c1cc(C)c2cc(C(C)C)ccc(C)c1-2.COc1cc(C)c2cc(C(C)C)ccc(C)c1-2.Cc1ccc(C(C)C)cc2c(C)c[c-]c1-2.Cc1ccc(C(C)C)cc2c(C)ccc1-2.O=S(=O)=O.[Na+].c1ccc2cccc-2cc1. The van der Waals surface area contributed by atoms with Crippen molar-refractivity contribution in [3.8, 4) is 72.5 Å². The normalized spacial score (nSPS) is 11.0. The number of rotatable bonds is 10. The van der Waals surface area contributed by atoms with Crippen LogP contribution in [0.2, 0.25) is 0 Å².